The minimum absolute atomic E-state index is 0.182. The largest absolute Gasteiger partial charge is 0.382 e. The second kappa shape index (κ2) is 8.65. The molecule has 0 saturated heterocycles. The van der Waals surface area contributed by atoms with Gasteiger partial charge in [-0.3, -0.25) is 0 Å². The summed E-state index contributed by atoms with van der Waals surface area (Å²) in [6.45, 7) is 10.0. The van der Waals surface area contributed by atoms with Gasteiger partial charge in [0.1, 0.15) is 17.9 Å². The number of fused-ring (bicyclic) bond motifs is 3. The summed E-state index contributed by atoms with van der Waals surface area (Å²) in [4.78, 5) is 21.5. The van der Waals surface area contributed by atoms with Crippen molar-refractivity contribution in [2.75, 3.05) is 18.9 Å². The maximum absolute atomic E-state index is 12.2. The van der Waals surface area contributed by atoms with Gasteiger partial charge < -0.3 is 25.7 Å². The number of ether oxygens (including phenoxy) is 1. The van der Waals surface area contributed by atoms with Gasteiger partial charge in [-0.25, -0.2) is 14.8 Å². The Labute approximate surface area is 170 Å². The number of pyridine rings is 1. The van der Waals surface area contributed by atoms with Crippen LogP contribution in [0.5, 0.6) is 0 Å². The van der Waals surface area contributed by atoms with Crippen molar-refractivity contribution >= 4 is 33.8 Å². The van der Waals surface area contributed by atoms with Crippen LogP contribution in [0, 0.1) is 0 Å². The van der Waals surface area contributed by atoms with Gasteiger partial charge in [-0.05, 0) is 33.3 Å². The first-order valence-electron chi connectivity index (χ1n) is 10.0. The molecule has 3 rings (SSSR count). The number of amides is 2. The number of urea groups is 1. The number of aromatic nitrogens is 3. The van der Waals surface area contributed by atoms with E-state index in [0.29, 0.717) is 37.6 Å². The summed E-state index contributed by atoms with van der Waals surface area (Å²) in [5.74, 6) is 1.15. The zero-order valence-corrected chi connectivity index (χ0v) is 17.6. The number of carbonyl (C=O) groups is 1. The third-order valence-electron chi connectivity index (χ3n) is 4.67. The minimum atomic E-state index is -0.522. The van der Waals surface area contributed by atoms with Crippen LogP contribution in [-0.4, -0.2) is 39.3 Å². The Morgan fingerprint density at radius 2 is 2.00 bits per heavy atom. The lowest BCUT2D eigenvalue weighted by atomic mass is 10.1. The molecule has 0 bridgehead atoms. The number of rotatable bonds is 8. The summed E-state index contributed by atoms with van der Waals surface area (Å²) in [6.07, 6.45) is 0.886. The normalized spacial score (nSPS) is 11.9. The summed E-state index contributed by atoms with van der Waals surface area (Å²) in [6, 6.07) is 7.68. The van der Waals surface area contributed by atoms with Crippen LogP contribution >= 0.6 is 0 Å². The van der Waals surface area contributed by atoms with E-state index in [0.717, 1.165) is 28.7 Å². The molecule has 1 aromatic carbocycles. The Hall–Kier alpha value is -2.87. The van der Waals surface area contributed by atoms with E-state index in [4.69, 9.17) is 15.5 Å². The van der Waals surface area contributed by atoms with Gasteiger partial charge in [0.05, 0.1) is 16.6 Å². The van der Waals surface area contributed by atoms with E-state index in [-0.39, 0.29) is 6.03 Å². The molecule has 2 aromatic heterocycles. The zero-order chi connectivity index (χ0) is 21.0. The van der Waals surface area contributed by atoms with Crippen LogP contribution in [0.25, 0.3) is 21.9 Å². The van der Waals surface area contributed by atoms with Crippen LogP contribution in [0.4, 0.5) is 10.6 Å². The topological polar surface area (TPSA) is 107 Å². The molecule has 0 radical (unpaired) electrons. The highest BCUT2D eigenvalue weighted by molar-refractivity contribution is 6.06. The number of hydrogen-bond acceptors (Lipinski definition) is 5. The molecule has 2 amide bonds. The maximum atomic E-state index is 12.2. The Bertz CT molecular complexity index is 1010. The highest BCUT2D eigenvalue weighted by atomic mass is 16.5. The molecular formula is C21H30N6O2. The molecule has 0 unspecified atom stereocenters. The molecule has 156 valence electrons. The van der Waals surface area contributed by atoms with E-state index in [1.807, 2.05) is 52.0 Å². The molecule has 4 N–H and O–H groups in total. The molecule has 8 heteroatoms. The first-order valence-corrected chi connectivity index (χ1v) is 10.0. The molecule has 29 heavy (non-hydrogen) atoms. The van der Waals surface area contributed by atoms with Crippen molar-refractivity contribution in [3.05, 3.63) is 30.1 Å². The lowest BCUT2D eigenvalue weighted by Crippen LogP contribution is -2.50. The molecule has 0 atom stereocenters. The molecule has 0 aliphatic rings. The molecule has 0 aliphatic heterocycles. The summed E-state index contributed by atoms with van der Waals surface area (Å²) in [5, 5.41) is 6.89. The van der Waals surface area contributed by atoms with Crippen LogP contribution < -0.4 is 16.4 Å². The Kier molecular flexibility index (Phi) is 6.22. The van der Waals surface area contributed by atoms with Crippen molar-refractivity contribution in [3.63, 3.8) is 0 Å². The predicted octanol–water partition coefficient (Wildman–Crippen LogP) is 3.19. The number of benzene rings is 1. The average Bonchev–Trinajstić information content (AvgIpc) is 3.03. The van der Waals surface area contributed by atoms with Crippen LogP contribution in [-0.2, 0) is 17.9 Å². The standard InChI is InChI=1S/C21H30N6O2/c1-5-11-23-20(28)26-21(3,4)13-27-16(12-29-6-2)25-17-18(27)14-9-7-8-10-15(14)24-19(17)22/h7-10H,5-6,11-13H2,1-4H3,(H2,22,24)(H2,23,26,28). The molecule has 0 saturated carbocycles. The van der Waals surface area contributed by atoms with E-state index in [2.05, 4.69) is 20.2 Å². The average molecular weight is 399 g/mol. The third-order valence-corrected chi connectivity index (χ3v) is 4.67. The SMILES string of the molecule is CCCNC(=O)NC(C)(C)Cn1c(COCC)nc2c(N)nc3ccccc3c21. The predicted molar refractivity (Wildman–Crippen MR) is 116 cm³/mol. The molecule has 3 aromatic rings. The van der Waals surface area contributed by atoms with Gasteiger partial charge in [0.15, 0.2) is 5.82 Å². The summed E-state index contributed by atoms with van der Waals surface area (Å²) in [5.41, 5.74) is 8.08. The fourth-order valence-corrected chi connectivity index (χ4v) is 3.40. The van der Waals surface area contributed by atoms with Crippen LogP contribution in [0.1, 0.15) is 39.9 Å². The van der Waals surface area contributed by atoms with Gasteiger partial charge in [0.2, 0.25) is 0 Å². The number of hydrogen-bond donors (Lipinski definition) is 3. The fourth-order valence-electron chi connectivity index (χ4n) is 3.40. The van der Waals surface area contributed by atoms with E-state index in [1.54, 1.807) is 0 Å². The lowest BCUT2D eigenvalue weighted by Gasteiger charge is -2.28. The molecule has 0 aliphatic carbocycles. The van der Waals surface area contributed by atoms with E-state index in [9.17, 15) is 4.79 Å². The number of para-hydroxylation sites is 1. The molecule has 0 spiro atoms. The third kappa shape index (κ3) is 4.59. The number of nitrogens with zero attached hydrogens (tertiary/aromatic N) is 3. The number of nitrogen functional groups attached to an aromatic ring is 1. The maximum Gasteiger partial charge on any atom is 0.315 e. The van der Waals surface area contributed by atoms with Gasteiger partial charge in [-0.15, -0.1) is 0 Å². The number of anilines is 1. The summed E-state index contributed by atoms with van der Waals surface area (Å²) >= 11 is 0. The molecule has 8 nitrogen and oxygen atoms in total. The van der Waals surface area contributed by atoms with Gasteiger partial charge >= 0.3 is 6.03 Å². The van der Waals surface area contributed by atoms with Gasteiger partial charge in [-0.1, -0.05) is 25.1 Å². The summed E-state index contributed by atoms with van der Waals surface area (Å²) in [7, 11) is 0. The first kappa shape index (κ1) is 20.9. The fraction of sp³-hybridized carbons (Fsp3) is 0.476. The number of nitrogens with two attached hydrogens (primary N) is 1. The highest BCUT2D eigenvalue weighted by Crippen LogP contribution is 2.30. The Balaban J connectivity index is 2.07. The van der Waals surface area contributed by atoms with Crippen molar-refractivity contribution in [2.45, 2.75) is 52.8 Å². The van der Waals surface area contributed by atoms with Gasteiger partial charge in [0.25, 0.3) is 0 Å². The smallest absolute Gasteiger partial charge is 0.315 e. The van der Waals surface area contributed by atoms with Crippen molar-refractivity contribution in [1.82, 2.24) is 25.2 Å². The van der Waals surface area contributed by atoms with Crippen LogP contribution in [0.3, 0.4) is 0 Å². The Morgan fingerprint density at radius 3 is 2.72 bits per heavy atom. The van der Waals surface area contributed by atoms with Gasteiger partial charge in [0, 0.05) is 25.1 Å². The van der Waals surface area contributed by atoms with Crippen molar-refractivity contribution in [1.29, 1.82) is 0 Å². The van der Waals surface area contributed by atoms with Gasteiger partial charge in [-0.2, -0.15) is 0 Å². The van der Waals surface area contributed by atoms with E-state index < -0.39 is 5.54 Å². The molecule has 0 fully saturated rings. The zero-order valence-electron chi connectivity index (χ0n) is 17.6. The second-order valence-corrected chi connectivity index (χ2v) is 7.73. The van der Waals surface area contributed by atoms with E-state index >= 15 is 0 Å². The number of nitrogens with one attached hydrogen (secondary N) is 2. The first-order chi connectivity index (χ1) is 13.9. The van der Waals surface area contributed by atoms with Crippen molar-refractivity contribution < 1.29 is 9.53 Å². The monoisotopic (exact) mass is 398 g/mol. The van der Waals surface area contributed by atoms with Crippen LogP contribution in [0.2, 0.25) is 0 Å². The second-order valence-electron chi connectivity index (χ2n) is 7.73. The molecular weight excluding hydrogens is 368 g/mol. The quantitative estimate of drug-likeness (QED) is 0.540. The van der Waals surface area contributed by atoms with E-state index in [1.165, 1.54) is 0 Å². The highest BCUT2D eigenvalue weighted by Gasteiger charge is 2.25. The number of carbonyl (C=O) groups excluding carboxylic acids is 1. The minimum Gasteiger partial charge on any atom is -0.382 e. The van der Waals surface area contributed by atoms with Crippen molar-refractivity contribution in [3.8, 4) is 0 Å². The van der Waals surface area contributed by atoms with Crippen molar-refractivity contribution in [2.24, 2.45) is 0 Å². The Morgan fingerprint density at radius 1 is 1.24 bits per heavy atom. The van der Waals surface area contributed by atoms with Crippen LogP contribution in [0.15, 0.2) is 24.3 Å². The summed E-state index contributed by atoms with van der Waals surface area (Å²) < 4.78 is 7.73. The number of imidazole rings is 1. The lowest BCUT2D eigenvalue weighted by molar-refractivity contribution is 0.124. The molecule has 2 heterocycles.